The van der Waals surface area contributed by atoms with E-state index in [2.05, 4.69) is 0 Å². The Morgan fingerprint density at radius 2 is 1.00 bits per heavy atom. The van der Waals surface area contributed by atoms with Gasteiger partial charge in [-0.3, -0.25) is 19.2 Å². The first-order chi connectivity index (χ1) is 15.3. The van der Waals surface area contributed by atoms with E-state index < -0.39 is 36.2 Å². The average Bonchev–Trinajstić information content (AvgIpc) is 3.65. The summed E-state index contributed by atoms with van der Waals surface area (Å²) in [4.78, 5) is 44.2. The highest BCUT2D eigenvalue weighted by Gasteiger charge is 2.48. The minimum atomic E-state index is -0.681. The van der Waals surface area contributed by atoms with Crippen molar-refractivity contribution in [2.45, 2.75) is 76.8 Å². The Bertz CT molecular complexity index is 704. The number of allylic oxidation sites excluding steroid dienone is 8. The minimum absolute atomic E-state index is 0.0421. The highest BCUT2D eigenvalue weighted by Crippen LogP contribution is 2.24. The molecule has 0 aromatic carbocycles. The number of hydrogen-bond acceptors (Lipinski definition) is 6. The monoisotopic (exact) mass is 446 g/mol. The lowest BCUT2D eigenvalue weighted by Crippen LogP contribution is -2.22. The van der Waals surface area contributed by atoms with E-state index in [-0.39, 0.29) is 11.6 Å². The number of ether oxygens (including phenoxy) is 2. The third-order valence-electron chi connectivity index (χ3n) is 4.64. The molecular formula is C24H34N2O6. The summed E-state index contributed by atoms with van der Waals surface area (Å²) < 4.78 is 9.75. The number of Topliss-reactive ketones (excluding diaryl/α,β-unsaturated/α-hetero) is 2. The summed E-state index contributed by atoms with van der Waals surface area (Å²) in [6.07, 6.45) is 17.4. The number of epoxide rings is 2. The van der Waals surface area contributed by atoms with Crippen molar-refractivity contribution in [3.63, 3.8) is 0 Å². The maximum atomic E-state index is 11.4. The van der Waals surface area contributed by atoms with Crippen LogP contribution in [0.15, 0.2) is 48.6 Å². The van der Waals surface area contributed by atoms with E-state index in [1.165, 1.54) is 0 Å². The second kappa shape index (κ2) is 15.0. The molecule has 4 atom stereocenters. The van der Waals surface area contributed by atoms with E-state index in [0.29, 0.717) is 25.7 Å². The lowest BCUT2D eigenvalue weighted by atomic mass is 10.1. The van der Waals surface area contributed by atoms with Crippen molar-refractivity contribution in [3.05, 3.63) is 48.6 Å². The maximum Gasteiger partial charge on any atom is 0.249 e. The van der Waals surface area contributed by atoms with Crippen LogP contribution in [0.4, 0.5) is 0 Å². The van der Waals surface area contributed by atoms with Crippen molar-refractivity contribution in [1.29, 1.82) is 0 Å². The largest absolute Gasteiger partial charge is 0.367 e. The van der Waals surface area contributed by atoms with Gasteiger partial charge in [-0.05, 0) is 39.5 Å². The van der Waals surface area contributed by atoms with Gasteiger partial charge in [0.25, 0.3) is 0 Å². The Balaban J connectivity index is 0.000000320. The van der Waals surface area contributed by atoms with Crippen molar-refractivity contribution < 1.29 is 28.7 Å². The molecule has 0 aromatic heterocycles. The summed E-state index contributed by atoms with van der Waals surface area (Å²) in [6, 6.07) is 0. The van der Waals surface area contributed by atoms with Crippen LogP contribution >= 0.6 is 0 Å². The fourth-order valence-electron chi connectivity index (χ4n) is 2.74. The van der Waals surface area contributed by atoms with Gasteiger partial charge in [-0.1, -0.05) is 48.6 Å². The second-order valence-corrected chi connectivity index (χ2v) is 7.32. The first-order valence-corrected chi connectivity index (χ1v) is 10.8. The van der Waals surface area contributed by atoms with Gasteiger partial charge in [0.15, 0.2) is 36.0 Å². The number of ketones is 2. The van der Waals surface area contributed by atoms with Crippen LogP contribution in [0.3, 0.4) is 0 Å². The third kappa shape index (κ3) is 11.0. The standard InChI is InChI=1S/2C12H17NO3/c2*1-2-3-4-5-6-7-8-9(14)10-11(16-10)12(13)15/h2*2-3,5-6,10-11H,4,7-8H2,1H3,(H2,13,15)/b2*3-2+,6-5+/t10-,11-;/m1./s1. The molecule has 32 heavy (non-hydrogen) atoms. The third-order valence-corrected chi connectivity index (χ3v) is 4.64. The van der Waals surface area contributed by atoms with Gasteiger partial charge in [0, 0.05) is 12.8 Å². The fraction of sp³-hybridized carbons (Fsp3) is 0.500. The van der Waals surface area contributed by atoms with Gasteiger partial charge in [0.05, 0.1) is 0 Å². The second-order valence-electron chi connectivity index (χ2n) is 7.32. The van der Waals surface area contributed by atoms with Crippen LogP contribution in [-0.4, -0.2) is 47.8 Å². The van der Waals surface area contributed by atoms with Crippen molar-refractivity contribution >= 4 is 23.4 Å². The molecule has 2 rings (SSSR count). The van der Waals surface area contributed by atoms with Gasteiger partial charge in [0.1, 0.15) is 0 Å². The van der Waals surface area contributed by atoms with Crippen LogP contribution in [0.1, 0.15) is 52.4 Å². The lowest BCUT2D eigenvalue weighted by Gasteiger charge is -1.92. The normalized spacial score (nSPS) is 24.1. The van der Waals surface area contributed by atoms with Crippen molar-refractivity contribution in [1.82, 2.24) is 0 Å². The zero-order valence-corrected chi connectivity index (χ0v) is 18.8. The van der Waals surface area contributed by atoms with Crippen molar-refractivity contribution in [2.24, 2.45) is 11.5 Å². The summed E-state index contributed by atoms with van der Waals surface area (Å²) in [5, 5.41) is 0. The molecule has 0 bridgehead atoms. The molecule has 2 unspecified atom stereocenters. The molecule has 8 nitrogen and oxygen atoms in total. The van der Waals surface area contributed by atoms with Crippen LogP contribution in [0.2, 0.25) is 0 Å². The van der Waals surface area contributed by atoms with Gasteiger partial charge in [-0.2, -0.15) is 0 Å². The number of rotatable bonds is 14. The molecule has 0 aliphatic carbocycles. The Morgan fingerprint density at radius 3 is 1.28 bits per heavy atom. The summed E-state index contributed by atoms with van der Waals surface area (Å²) in [5.74, 6) is -1.19. The molecule has 8 heteroatoms. The fourth-order valence-corrected chi connectivity index (χ4v) is 2.74. The van der Waals surface area contributed by atoms with Crippen LogP contribution in [-0.2, 0) is 28.7 Å². The smallest absolute Gasteiger partial charge is 0.249 e. The number of primary amides is 2. The first kappa shape index (κ1) is 27.2. The number of carbonyl (C=O) groups is 4. The van der Waals surface area contributed by atoms with E-state index >= 15 is 0 Å². The highest BCUT2D eigenvalue weighted by atomic mass is 16.6. The first-order valence-electron chi connectivity index (χ1n) is 10.8. The molecule has 2 saturated heterocycles. The molecule has 0 radical (unpaired) electrons. The van der Waals surface area contributed by atoms with E-state index in [1.807, 2.05) is 62.5 Å². The molecule has 2 aliphatic heterocycles. The Kier molecular flexibility index (Phi) is 12.8. The van der Waals surface area contributed by atoms with Gasteiger partial charge >= 0.3 is 0 Å². The van der Waals surface area contributed by atoms with Crippen molar-refractivity contribution in [3.8, 4) is 0 Å². The Morgan fingerprint density at radius 1 is 0.625 bits per heavy atom. The number of hydrogen-bond donors (Lipinski definition) is 2. The number of amides is 2. The van der Waals surface area contributed by atoms with E-state index in [1.54, 1.807) is 0 Å². The summed E-state index contributed by atoms with van der Waals surface area (Å²) in [6.45, 7) is 3.93. The van der Waals surface area contributed by atoms with Crippen LogP contribution < -0.4 is 11.5 Å². The molecule has 0 spiro atoms. The van der Waals surface area contributed by atoms with Crippen LogP contribution in [0, 0.1) is 0 Å². The SMILES string of the molecule is C/C=C/C/C=C/CCC(=O)C1OC1C(N)=O.C/C=C/C/C=C/CCC(=O)[C@H]1O[C@H]1C(N)=O. The lowest BCUT2D eigenvalue weighted by molar-refractivity contribution is -0.121. The zero-order chi connectivity index (χ0) is 23.9. The number of nitrogens with two attached hydrogens (primary N) is 2. The molecular weight excluding hydrogens is 412 g/mol. The quantitative estimate of drug-likeness (QED) is 0.309. The van der Waals surface area contributed by atoms with Crippen molar-refractivity contribution in [2.75, 3.05) is 0 Å². The van der Waals surface area contributed by atoms with E-state index in [9.17, 15) is 19.2 Å². The Hall–Kier alpha value is -2.84. The average molecular weight is 447 g/mol. The predicted molar refractivity (Wildman–Crippen MR) is 121 cm³/mol. The molecule has 176 valence electrons. The van der Waals surface area contributed by atoms with E-state index in [0.717, 1.165) is 12.8 Å². The molecule has 2 aliphatic rings. The summed E-state index contributed by atoms with van der Waals surface area (Å²) in [5.41, 5.74) is 10.00. The van der Waals surface area contributed by atoms with Gasteiger partial charge < -0.3 is 20.9 Å². The van der Waals surface area contributed by atoms with E-state index in [4.69, 9.17) is 20.9 Å². The molecule has 4 N–H and O–H groups in total. The molecule has 2 heterocycles. The molecule has 0 saturated carbocycles. The highest BCUT2D eigenvalue weighted by molar-refractivity contribution is 5.96. The number of carbonyl (C=O) groups excluding carboxylic acids is 4. The van der Waals surface area contributed by atoms with Crippen LogP contribution in [0.25, 0.3) is 0 Å². The van der Waals surface area contributed by atoms with Gasteiger partial charge in [-0.15, -0.1) is 0 Å². The summed E-state index contributed by atoms with van der Waals surface area (Å²) >= 11 is 0. The molecule has 2 fully saturated rings. The van der Waals surface area contributed by atoms with Gasteiger partial charge in [-0.25, -0.2) is 0 Å². The Labute approximate surface area is 189 Å². The minimum Gasteiger partial charge on any atom is -0.367 e. The topological polar surface area (TPSA) is 145 Å². The molecule has 2 amide bonds. The summed E-state index contributed by atoms with van der Waals surface area (Å²) in [7, 11) is 0. The maximum absolute atomic E-state index is 11.4. The molecule has 0 aromatic rings. The predicted octanol–water partition coefficient (Wildman–Crippen LogP) is 2.22. The van der Waals surface area contributed by atoms with Crippen LogP contribution in [0.5, 0.6) is 0 Å². The zero-order valence-electron chi connectivity index (χ0n) is 18.8. The van der Waals surface area contributed by atoms with Gasteiger partial charge in [0.2, 0.25) is 11.8 Å².